The molecular formula is C34H40N2O3. The van der Waals surface area contributed by atoms with Crippen LogP contribution in [0, 0.1) is 19.8 Å². The first kappa shape index (κ1) is 28.2. The van der Waals surface area contributed by atoms with Crippen LogP contribution in [0.25, 0.3) is 10.9 Å². The fourth-order valence-corrected chi connectivity index (χ4v) is 4.92. The molecule has 0 saturated heterocycles. The van der Waals surface area contributed by atoms with Gasteiger partial charge in [0.2, 0.25) is 0 Å². The number of hydrogen-bond acceptors (Lipinski definition) is 3. The number of aromatic nitrogens is 1. The van der Waals surface area contributed by atoms with Crippen LogP contribution >= 0.6 is 0 Å². The number of hydrogen-bond donors (Lipinski definition) is 1. The van der Waals surface area contributed by atoms with Crippen LogP contribution in [-0.4, -0.2) is 22.9 Å². The van der Waals surface area contributed by atoms with E-state index in [1.807, 2.05) is 57.2 Å². The predicted octanol–water partition coefficient (Wildman–Crippen LogP) is 7.52. The molecule has 39 heavy (non-hydrogen) atoms. The zero-order valence-corrected chi connectivity index (χ0v) is 24.1. The van der Waals surface area contributed by atoms with Crippen molar-refractivity contribution >= 4 is 23.1 Å². The number of ether oxygens (including phenoxy) is 1. The maximum atomic E-state index is 13.2. The fourth-order valence-electron chi connectivity index (χ4n) is 4.92. The highest BCUT2D eigenvalue weighted by Gasteiger charge is 2.18. The molecule has 0 aliphatic carbocycles. The van der Waals surface area contributed by atoms with Gasteiger partial charge in [-0.05, 0) is 85.2 Å². The lowest BCUT2D eigenvalue weighted by atomic mass is 9.98. The number of carbonyl (C=O) groups is 2. The van der Waals surface area contributed by atoms with Crippen molar-refractivity contribution in [1.82, 2.24) is 9.88 Å². The number of aldehydes is 1. The number of benzene rings is 3. The van der Waals surface area contributed by atoms with E-state index in [1.54, 1.807) is 0 Å². The highest BCUT2D eigenvalue weighted by molar-refractivity contribution is 5.99. The van der Waals surface area contributed by atoms with Crippen LogP contribution in [0.4, 0.5) is 0 Å². The van der Waals surface area contributed by atoms with Crippen molar-refractivity contribution in [2.45, 2.75) is 73.1 Å². The van der Waals surface area contributed by atoms with Gasteiger partial charge >= 0.3 is 0 Å². The first-order valence-electron chi connectivity index (χ1n) is 13.8. The van der Waals surface area contributed by atoms with Crippen LogP contribution in [0.2, 0.25) is 0 Å². The van der Waals surface area contributed by atoms with Crippen molar-refractivity contribution in [2.75, 3.05) is 0 Å². The average molecular weight is 525 g/mol. The van der Waals surface area contributed by atoms with Gasteiger partial charge in [-0.2, -0.15) is 0 Å². The van der Waals surface area contributed by atoms with Crippen molar-refractivity contribution in [1.29, 1.82) is 0 Å². The zero-order valence-electron chi connectivity index (χ0n) is 24.1. The molecule has 1 heterocycles. The topological polar surface area (TPSA) is 60.3 Å². The Labute approximate surface area is 232 Å². The first-order chi connectivity index (χ1) is 18.6. The number of rotatable bonds is 10. The predicted molar refractivity (Wildman–Crippen MR) is 159 cm³/mol. The Morgan fingerprint density at radius 2 is 1.64 bits per heavy atom. The molecule has 0 aliphatic rings. The smallest absolute Gasteiger partial charge is 0.251 e. The highest BCUT2D eigenvalue weighted by Crippen LogP contribution is 2.29. The fraction of sp³-hybridized carbons (Fsp3) is 0.353. The molecule has 0 spiro atoms. The maximum Gasteiger partial charge on any atom is 0.251 e. The van der Waals surface area contributed by atoms with Gasteiger partial charge in [0.05, 0.1) is 6.04 Å². The minimum absolute atomic E-state index is 0.0797. The minimum atomic E-state index is -0.469. The van der Waals surface area contributed by atoms with Crippen molar-refractivity contribution in [2.24, 2.45) is 5.92 Å². The third kappa shape index (κ3) is 6.25. The molecule has 0 saturated carbocycles. The van der Waals surface area contributed by atoms with Gasteiger partial charge in [0, 0.05) is 28.7 Å². The van der Waals surface area contributed by atoms with Crippen molar-refractivity contribution < 1.29 is 14.3 Å². The number of carbonyl (C=O) groups excluding carboxylic acids is 2. The van der Waals surface area contributed by atoms with E-state index in [2.05, 4.69) is 67.9 Å². The molecule has 0 bridgehead atoms. The summed E-state index contributed by atoms with van der Waals surface area (Å²) in [5.41, 5.74) is 7.50. The molecule has 2 atom stereocenters. The summed E-state index contributed by atoms with van der Waals surface area (Å²) in [6.45, 7) is 15.2. The van der Waals surface area contributed by atoms with Gasteiger partial charge < -0.3 is 14.6 Å². The number of nitrogens with one attached hydrogen (secondary N) is 1. The second kappa shape index (κ2) is 11.9. The minimum Gasteiger partial charge on any atom is -0.483 e. The lowest BCUT2D eigenvalue weighted by molar-refractivity contribution is -0.115. The summed E-state index contributed by atoms with van der Waals surface area (Å²) in [6.07, 6.45) is 0.393. The summed E-state index contributed by atoms with van der Waals surface area (Å²) in [4.78, 5) is 24.6. The monoisotopic (exact) mass is 524 g/mol. The van der Waals surface area contributed by atoms with Crippen molar-refractivity contribution in [3.8, 4) is 5.75 Å². The van der Waals surface area contributed by atoms with E-state index in [0.29, 0.717) is 23.8 Å². The van der Waals surface area contributed by atoms with E-state index in [4.69, 9.17) is 4.74 Å². The quantitative estimate of drug-likeness (QED) is 0.218. The Hall–Kier alpha value is -3.86. The van der Waals surface area contributed by atoms with E-state index < -0.39 is 6.10 Å². The highest BCUT2D eigenvalue weighted by atomic mass is 16.5. The van der Waals surface area contributed by atoms with Crippen molar-refractivity contribution in [3.63, 3.8) is 0 Å². The third-order valence-electron chi connectivity index (χ3n) is 7.63. The van der Waals surface area contributed by atoms with Crippen LogP contribution in [0.3, 0.4) is 0 Å². The number of aryl methyl sites for hydroxylation is 1. The molecule has 4 rings (SSSR count). The zero-order chi connectivity index (χ0) is 28.3. The molecular weight excluding hydrogens is 484 g/mol. The van der Waals surface area contributed by atoms with Gasteiger partial charge in [-0.15, -0.1) is 0 Å². The van der Waals surface area contributed by atoms with Gasteiger partial charge in [0.1, 0.15) is 5.75 Å². The number of nitrogens with zero attached hydrogens (tertiary/aromatic N) is 1. The Bertz CT molecular complexity index is 1480. The molecule has 3 aromatic carbocycles. The van der Waals surface area contributed by atoms with Gasteiger partial charge in [0.25, 0.3) is 5.91 Å². The second-order valence-corrected chi connectivity index (χ2v) is 11.2. The van der Waals surface area contributed by atoms with Gasteiger partial charge in [0.15, 0.2) is 12.4 Å². The maximum absolute atomic E-state index is 13.2. The van der Waals surface area contributed by atoms with E-state index in [0.717, 1.165) is 39.6 Å². The normalized spacial score (nSPS) is 13.1. The summed E-state index contributed by atoms with van der Waals surface area (Å²) >= 11 is 0. The second-order valence-electron chi connectivity index (χ2n) is 11.2. The standard InChI is InChI=1S/C34H40N2O3/c1-21(2)27-11-9-12-28(17-27)24(6)35-34(38)29-14-15-32-31(18-29)23(5)25(7)36(32)19-26-10-8-13-30(16-26)39-33(20-37)22(3)4/h8-18,20-22,24,33H,19H2,1-7H3,(H,35,38)/t24-,33-/m0/s1. The Morgan fingerprint density at radius 1 is 0.923 bits per heavy atom. The van der Waals surface area contributed by atoms with Gasteiger partial charge in [-0.3, -0.25) is 9.59 Å². The molecule has 1 aromatic heterocycles. The first-order valence-corrected chi connectivity index (χ1v) is 13.8. The van der Waals surface area contributed by atoms with Crippen molar-refractivity contribution in [3.05, 3.63) is 100 Å². The lowest BCUT2D eigenvalue weighted by Gasteiger charge is -2.18. The average Bonchev–Trinajstić information content (AvgIpc) is 3.16. The largest absolute Gasteiger partial charge is 0.483 e. The summed E-state index contributed by atoms with van der Waals surface area (Å²) in [6, 6.07) is 22.2. The Morgan fingerprint density at radius 3 is 2.33 bits per heavy atom. The van der Waals surface area contributed by atoms with Crippen LogP contribution in [0.5, 0.6) is 5.75 Å². The molecule has 0 unspecified atom stereocenters. The summed E-state index contributed by atoms with van der Waals surface area (Å²) in [5, 5.41) is 4.25. The molecule has 204 valence electrons. The molecule has 1 amide bonds. The summed E-state index contributed by atoms with van der Waals surface area (Å²) in [7, 11) is 0. The number of fused-ring (bicyclic) bond motifs is 1. The van der Waals surface area contributed by atoms with E-state index in [9.17, 15) is 9.59 Å². The molecule has 5 nitrogen and oxygen atoms in total. The summed E-state index contributed by atoms with van der Waals surface area (Å²) < 4.78 is 8.20. The molecule has 5 heteroatoms. The van der Waals surface area contributed by atoms with Gasteiger partial charge in [-0.25, -0.2) is 0 Å². The molecule has 0 aliphatic heterocycles. The number of amides is 1. The lowest BCUT2D eigenvalue weighted by Crippen LogP contribution is -2.26. The SMILES string of the molecule is Cc1c(C)n(Cc2cccc(O[C@@H](C=O)C(C)C)c2)c2ccc(C(=O)N[C@@H](C)c3cccc(C(C)C)c3)cc12. The molecule has 0 radical (unpaired) electrons. The summed E-state index contributed by atoms with van der Waals surface area (Å²) in [5.74, 6) is 1.15. The van der Waals surface area contributed by atoms with E-state index >= 15 is 0 Å². The van der Waals surface area contributed by atoms with Gasteiger partial charge in [-0.1, -0.05) is 64.1 Å². The molecule has 1 N–H and O–H groups in total. The molecule has 4 aromatic rings. The van der Waals surface area contributed by atoms with Crippen LogP contribution in [0.15, 0.2) is 66.7 Å². The van der Waals surface area contributed by atoms with E-state index in [-0.39, 0.29) is 17.9 Å². The van der Waals surface area contributed by atoms with Crippen LogP contribution in [0.1, 0.15) is 84.9 Å². The Balaban J connectivity index is 1.56. The van der Waals surface area contributed by atoms with E-state index in [1.165, 1.54) is 5.56 Å². The Kier molecular flexibility index (Phi) is 8.59. The van der Waals surface area contributed by atoms with Crippen LogP contribution < -0.4 is 10.1 Å². The van der Waals surface area contributed by atoms with Crippen LogP contribution in [-0.2, 0) is 11.3 Å². The third-order valence-corrected chi connectivity index (χ3v) is 7.63. The molecule has 0 fully saturated rings.